The summed E-state index contributed by atoms with van der Waals surface area (Å²) < 4.78 is 53.1. The Morgan fingerprint density at radius 1 is 1.35 bits per heavy atom. The quantitative estimate of drug-likeness (QED) is 0.797. The summed E-state index contributed by atoms with van der Waals surface area (Å²) in [6.45, 7) is 3.14. The van der Waals surface area contributed by atoms with Gasteiger partial charge in [-0.05, 0) is 6.07 Å². The van der Waals surface area contributed by atoms with E-state index in [2.05, 4.69) is 6.58 Å². The molecule has 0 fully saturated rings. The highest BCUT2D eigenvalue weighted by Crippen LogP contribution is 2.46. The summed E-state index contributed by atoms with van der Waals surface area (Å²) in [4.78, 5) is 10.1. The van der Waals surface area contributed by atoms with E-state index < -0.39 is 34.6 Å². The number of fused-ring (bicyclic) bond motifs is 1. The number of hydrogen-bond acceptors (Lipinski definition) is 4. The Labute approximate surface area is 133 Å². The summed E-state index contributed by atoms with van der Waals surface area (Å²) in [6.07, 6.45) is -0.879. The molecule has 0 saturated carbocycles. The third kappa shape index (κ3) is 2.98. The first kappa shape index (κ1) is 17.1. The van der Waals surface area contributed by atoms with E-state index in [4.69, 9.17) is 14.6 Å². The predicted molar refractivity (Wildman–Crippen MR) is 80.2 cm³/mol. The number of hydrogen-bond donors (Lipinski definition) is 1. The van der Waals surface area contributed by atoms with Gasteiger partial charge in [0.25, 0.3) is 0 Å². The minimum atomic E-state index is -3.57. The Balaban J connectivity index is 2.58. The Kier molecular flexibility index (Phi) is 4.56. The average Bonchev–Trinajstić information content (AvgIpc) is 2.91. The summed E-state index contributed by atoms with van der Waals surface area (Å²) in [5.74, 6) is -5.90. The molecule has 8 heteroatoms. The van der Waals surface area contributed by atoms with Gasteiger partial charge < -0.3 is 14.6 Å². The van der Waals surface area contributed by atoms with Crippen LogP contribution in [0.15, 0.2) is 24.3 Å². The van der Waals surface area contributed by atoms with Crippen LogP contribution in [0.2, 0.25) is 0 Å². The van der Waals surface area contributed by atoms with Gasteiger partial charge in [-0.25, -0.2) is 4.39 Å². The second kappa shape index (κ2) is 6.11. The molecule has 0 aliphatic rings. The molecule has 0 amide bonds. The van der Waals surface area contributed by atoms with Crippen molar-refractivity contribution in [2.24, 2.45) is 0 Å². The first-order chi connectivity index (χ1) is 10.7. The standard InChI is InChI=1S/C15H13F3O4S/c1-7(4-12(19)20)15(17,18)11-5-8-10(23-11)6-9(21-2)14(22-3)13(8)16/h5-6H,1,4H2,2-3H3,(H,19,20). The number of alkyl halides is 2. The fraction of sp³-hybridized carbons (Fsp3) is 0.267. The normalized spacial score (nSPS) is 11.5. The molecular weight excluding hydrogens is 333 g/mol. The summed E-state index contributed by atoms with van der Waals surface area (Å²) >= 11 is 0.643. The number of thiophene rings is 1. The molecule has 1 aromatic heterocycles. The van der Waals surface area contributed by atoms with Gasteiger partial charge in [0, 0.05) is 21.7 Å². The highest BCUT2D eigenvalue weighted by atomic mass is 32.1. The van der Waals surface area contributed by atoms with Crippen LogP contribution >= 0.6 is 11.3 Å². The molecule has 0 saturated heterocycles. The van der Waals surface area contributed by atoms with Gasteiger partial charge in [-0.2, -0.15) is 8.78 Å². The number of rotatable bonds is 6. The number of carboxylic acids is 1. The molecule has 2 aromatic rings. The van der Waals surface area contributed by atoms with E-state index in [0.29, 0.717) is 11.3 Å². The summed E-state index contributed by atoms with van der Waals surface area (Å²) in [6, 6.07) is 2.37. The van der Waals surface area contributed by atoms with E-state index in [1.165, 1.54) is 20.3 Å². The van der Waals surface area contributed by atoms with Gasteiger partial charge in [0.15, 0.2) is 17.3 Å². The summed E-state index contributed by atoms with van der Waals surface area (Å²) in [7, 11) is 2.55. The lowest BCUT2D eigenvalue weighted by molar-refractivity contribution is -0.137. The van der Waals surface area contributed by atoms with Gasteiger partial charge in [-0.15, -0.1) is 11.3 Å². The molecule has 0 aliphatic heterocycles. The van der Waals surface area contributed by atoms with Crippen LogP contribution in [0.25, 0.3) is 10.1 Å². The van der Waals surface area contributed by atoms with E-state index in [1.807, 2.05) is 0 Å². The molecule has 0 unspecified atom stereocenters. The number of carbonyl (C=O) groups is 1. The van der Waals surface area contributed by atoms with Gasteiger partial charge in [0.1, 0.15) is 0 Å². The number of halogens is 3. The molecule has 0 atom stereocenters. The largest absolute Gasteiger partial charge is 0.493 e. The second-order valence-electron chi connectivity index (χ2n) is 4.70. The van der Waals surface area contributed by atoms with Crippen molar-refractivity contribution in [3.8, 4) is 11.5 Å². The van der Waals surface area contributed by atoms with Crippen LogP contribution in [-0.2, 0) is 10.7 Å². The maximum Gasteiger partial charge on any atom is 0.307 e. The minimum absolute atomic E-state index is 0.0505. The van der Waals surface area contributed by atoms with E-state index in [-0.39, 0.29) is 21.6 Å². The smallest absolute Gasteiger partial charge is 0.307 e. The van der Waals surface area contributed by atoms with Gasteiger partial charge in [0.2, 0.25) is 0 Å². The van der Waals surface area contributed by atoms with Gasteiger partial charge in [-0.3, -0.25) is 4.79 Å². The van der Waals surface area contributed by atoms with Crippen LogP contribution in [0.1, 0.15) is 11.3 Å². The highest BCUT2D eigenvalue weighted by Gasteiger charge is 2.38. The highest BCUT2D eigenvalue weighted by molar-refractivity contribution is 7.19. The molecule has 2 rings (SSSR count). The summed E-state index contributed by atoms with van der Waals surface area (Å²) in [5.41, 5.74) is -0.768. The first-order valence-corrected chi connectivity index (χ1v) is 7.16. The van der Waals surface area contributed by atoms with Crippen molar-refractivity contribution in [3.05, 3.63) is 35.0 Å². The third-order valence-corrected chi connectivity index (χ3v) is 4.38. The number of benzene rings is 1. The van der Waals surface area contributed by atoms with E-state index in [1.54, 1.807) is 0 Å². The van der Waals surface area contributed by atoms with E-state index in [9.17, 15) is 18.0 Å². The first-order valence-electron chi connectivity index (χ1n) is 6.34. The molecule has 1 aromatic carbocycles. The molecule has 1 N–H and O–H groups in total. The topological polar surface area (TPSA) is 55.8 Å². The SMILES string of the molecule is C=C(CC(=O)O)C(F)(F)c1cc2c(F)c(OC)c(OC)cc2s1. The molecule has 0 aliphatic carbocycles. The van der Waals surface area contributed by atoms with Crippen molar-refractivity contribution in [3.63, 3.8) is 0 Å². The van der Waals surface area contributed by atoms with E-state index >= 15 is 0 Å². The van der Waals surface area contributed by atoms with Crippen LogP contribution in [-0.4, -0.2) is 25.3 Å². The zero-order valence-electron chi connectivity index (χ0n) is 12.3. The molecule has 0 bridgehead atoms. The molecule has 0 spiro atoms. The zero-order valence-corrected chi connectivity index (χ0v) is 13.1. The van der Waals surface area contributed by atoms with Crippen molar-refractivity contribution in [2.45, 2.75) is 12.3 Å². The van der Waals surface area contributed by atoms with Gasteiger partial charge in [-0.1, -0.05) is 6.58 Å². The van der Waals surface area contributed by atoms with Crippen LogP contribution in [0.4, 0.5) is 13.2 Å². The lowest BCUT2D eigenvalue weighted by atomic mass is 10.1. The Hall–Kier alpha value is -2.22. The van der Waals surface area contributed by atoms with Crippen LogP contribution in [0, 0.1) is 5.82 Å². The molecule has 0 radical (unpaired) electrons. The van der Waals surface area contributed by atoms with Crippen molar-refractivity contribution in [1.29, 1.82) is 0 Å². The lowest BCUT2D eigenvalue weighted by Crippen LogP contribution is -2.17. The molecule has 4 nitrogen and oxygen atoms in total. The average molecular weight is 346 g/mol. The third-order valence-electron chi connectivity index (χ3n) is 3.22. The Bertz CT molecular complexity index is 783. The minimum Gasteiger partial charge on any atom is -0.493 e. The van der Waals surface area contributed by atoms with Gasteiger partial charge in [0.05, 0.1) is 25.5 Å². The van der Waals surface area contributed by atoms with E-state index in [0.717, 1.165) is 6.07 Å². The van der Waals surface area contributed by atoms with Crippen molar-refractivity contribution in [2.75, 3.05) is 14.2 Å². The maximum absolute atomic E-state index is 14.4. The fourth-order valence-electron chi connectivity index (χ4n) is 2.06. The molecule has 23 heavy (non-hydrogen) atoms. The molecule has 1 heterocycles. The molecule has 124 valence electrons. The fourth-order valence-corrected chi connectivity index (χ4v) is 3.17. The van der Waals surface area contributed by atoms with Crippen LogP contribution in [0.3, 0.4) is 0 Å². The van der Waals surface area contributed by atoms with Crippen molar-refractivity contribution < 1.29 is 32.5 Å². The van der Waals surface area contributed by atoms with Gasteiger partial charge >= 0.3 is 11.9 Å². The zero-order chi connectivity index (χ0) is 17.4. The lowest BCUT2D eigenvalue weighted by Gasteiger charge is -2.15. The van der Waals surface area contributed by atoms with Crippen molar-refractivity contribution >= 4 is 27.4 Å². The Morgan fingerprint density at radius 2 is 2.00 bits per heavy atom. The number of carboxylic acid groups (broad SMARTS) is 1. The van der Waals surface area contributed by atoms with Crippen molar-refractivity contribution in [1.82, 2.24) is 0 Å². The Morgan fingerprint density at radius 3 is 2.52 bits per heavy atom. The van der Waals surface area contributed by atoms with Crippen LogP contribution in [0.5, 0.6) is 11.5 Å². The van der Waals surface area contributed by atoms with Crippen LogP contribution < -0.4 is 9.47 Å². The predicted octanol–water partition coefficient (Wildman–Crippen LogP) is 4.18. The maximum atomic E-state index is 14.4. The summed E-state index contributed by atoms with van der Waals surface area (Å²) in [5, 5.41) is 8.58. The monoisotopic (exact) mass is 346 g/mol. The number of aliphatic carboxylic acids is 1. The number of ether oxygens (including phenoxy) is 2. The molecular formula is C15H13F3O4S. The number of methoxy groups -OCH3 is 2. The second-order valence-corrected chi connectivity index (χ2v) is 5.78.